The molecule has 0 aliphatic heterocycles. The van der Waals surface area contributed by atoms with E-state index in [9.17, 15) is 0 Å². The van der Waals surface area contributed by atoms with Crippen LogP contribution in [0.4, 0.5) is 0 Å². The Balaban J connectivity index is 2.53. The average Bonchev–Trinajstić information content (AvgIpc) is 2.40. The van der Waals surface area contributed by atoms with E-state index in [-0.39, 0.29) is 5.28 Å². The van der Waals surface area contributed by atoms with Gasteiger partial charge in [-0.1, -0.05) is 37.3 Å². The molecule has 0 saturated heterocycles. The molecule has 1 aromatic carbocycles. The van der Waals surface area contributed by atoms with Crippen LogP contribution in [-0.2, 0) is 6.42 Å². The van der Waals surface area contributed by atoms with Gasteiger partial charge in [-0.2, -0.15) is 0 Å². The van der Waals surface area contributed by atoms with Gasteiger partial charge < -0.3 is 0 Å². The summed E-state index contributed by atoms with van der Waals surface area (Å²) in [7, 11) is 0. The molecule has 0 unspecified atom stereocenters. The Labute approximate surface area is 112 Å². The largest absolute Gasteiger partial charge is 0.226 e. The average molecular weight is 259 g/mol. The molecule has 0 aliphatic rings. The zero-order valence-electron chi connectivity index (χ0n) is 10.5. The Kier molecular flexibility index (Phi) is 4.11. The highest BCUT2D eigenvalue weighted by atomic mass is 35.5. The Morgan fingerprint density at radius 2 is 2.06 bits per heavy atom. The fourth-order valence-electron chi connectivity index (χ4n) is 2.02. The van der Waals surface area contributed by atoms with Gasteiger partial charge in [0.25, 0.3) is 0 Å². The molecule has 0 amide bonds. The molecule has 0 bridgehead atoms. The van der Waals surface area contributed by atoms with Crippen molar-refractivity contribution < 1.29 is 0 Å². The van der Waals surface area contributed by atoms with E-state index in [0.29, 0.717) is 0 Å². The number of aromatic nitrogens is 2. The first-order valence-corrected chi connectivity index (χ1v) is 6.37. The number of allylic oxidation sites excluding steroid dienone is 1. The second kappa shape index (κ2) is 5.78. The third kappa shape index (κ3) is 2.59. The van der Waals surface area contributed by atoms with Crippen molar-refractivity contribution in [3.8, 4) is 0 Å². The van der Waals surface area contributed by atoms with Gasteiger partial charge in [0.05, 0.1) is 5.69 Å². The topological polar surface area (TPSA) is 25.8 Å². The highest BCUT2D eigenvalue weighted by Crippen LogP contribution is 2.25. The second-order valence-corrected chi connectivity index (χ2v) is 4.26. The number of nitrogens with zero attached hydrogens (tertiary/aromatic N) is 2. The Morgan fingerprint density at radius 1 is 1.28 bits per heavy atom. The van der Waals surface area contributed by atoms with Gasteiger partial charge in [-0.15, -0.1) is 0 Å². The lowest BCUT2D eigenvalue weighted by atomic mass is 9.96. The predicted octanol–water partition coefficient (Wildman–Crippen LogP) is 4.14. The summed E-state index contributed by atoms with van der Waals surface area (Å²) in [6.45, 7) is 4.16. The van der Waals surface area contributed by atoms with Crippen LogP contribution in [0.25, 0.3) is 5.57 Å². The predicted molar refractivity (Wildman–Crippen MR) is 75.6 cm³/mol. The van der Waals surface area contributed by atoms with E-state index in [1.54, 1.807) is 6.20 Å². The van der Waals surface area contributed by atoms with Crippen molar-refractivity contribution in [1.29, 1.82) is 0 Å². The highest BCUT2D eigenvalue weighted by Gasteiger charge is 2.09. The van der Waals surface area contributed by atoms with Gasteiger partial charge in [0.15, 0.2) is 0 Å². The zero-order chi connectivity index (χ0) is 13.0. The number of aryl methyl sites for hydroxylation is 1. The fourth-order valence-corrected chi connectivity index (χ4v) is 2.17. The quantitative estimate of drug-likeness (QED) is 0.773. The summed E-state index contributed by atoms with van der Waals surface area (Å²) in [6, 6.07) is 10.2. The van der Waals surface area contributed by atoms with E-state index in [1.165, 1.54) is 11.1 Å². The van der Waals surface area contributed by atoms with Crippen molar-refractivity contribution in [3.63, 3.8) is 0 Å². The molecule has 1 heterocycles. The van der Waals surface area contributed by atoms with E-state index >= 15 is 0 Å². The van der Waals surface area contributed by atoms with Crippen molar-refractivity contribution >= 4 is 17.2 Å². The third-order valence-electron chi connectivity index (χ3n) is 2.88. The minimum atomic E-state index is 0.279. The molecule has 18 heavy (non-hydrogen) atoms. The summed E-state index contributed by atoms with van der Waals surface area (Å²) >= 11 is 5.86. The van der Waals surface area contributed by atoms with Crippen LogP contribution in [0, 0.1) is 0 Å². The molecule has 2 aromatic rings. The van der Waals surface area contributed by atoms with Gasteiger partial charge in [-0.05, 0) is 42.1 Å². The molecule has 2 nitrogen and oxygen atoms in total. The second-order valence-electron chi connectivity index (χ2n) is 3.92. The summed E-state index contributed by atoms with van der Waals surface area (Å²) in [5.74, 6) is 0. The molecule has 0 spiro atoms. The maximum atomic E-state index is 5.86. The van der Waals surface area contributed by atoms with Gasteiger partial charge >= 0.3 is 0 Å². The number of halogens is 1. The summed E-state index contributed by atoms with van der Waals surface area (Å²) in [5, 5.41) is 0.279. The van der Waals surface area contributed by atoms with E-state index in [0.717, 1.165) is 17.7 Å². The van der Waals surface area contributed by atoms with Crippen molar-refractivity contribution in [1.82, 2.24) is 9.97 Å². The number of benzene rings is 1. The number of rotatable bonds is 3. The Bertz CT molecular complexity index is 576. The first-order valence-electron chi connectivity index (χ1n) is 5.99. The van der Waals surface area contributed by atoms with Gasteiger partial charge in [0.1, 0.15) is 0 Å². The molecule has 3 heteroatoms. The van der Waals surface area contributed by atoms with Crippen LogP contribution in [0.3, 0.4) is 0 Å². The SMILES string of the molecule is C/C=C(/c1ccnc(Cl)n1)c1ccccc1CC. The van der Waals surface area contributed by atoms with Crippen LogP contribution < -0.4 is 0 Å². The van der Waals surface area contributed by atoms with Crippen LogP contribution in [0.1, 0.15) is 30.7 Å². The van der Waals surface area contributed by atoms with E-state index in [2.05, 4.69) is 41.2 Å². The van der Waals surface area contributed by atoms with E-state index < -0.39 is 0 Å². The van der Waals surface area contributed by atoms with Gasteiger partial charge in [-0.25, -0.2) is 9.97 Å². The third-order valence-corrected chi connectivity index (χ3v) is 3.06. The highest BCUT2D eigenvalue weighted by molar-refractivity contribution is 6.28. The molecule has 0 radical (unpaired) electrons. The molecule has 0 fully saturated rings. The Morgan fingerprint density at radius 3 is 2.72 bits per heavy atom. The summed E-state index contributed by atoms with van der Waals surface area (Å²) in [4.78, 5) is 8.20. The molecule has 0 aliphatic carbocycles. The van der Waals surface area contributed by atoms with E-state index in [4.69, 9.17) is 11.6 Å². The van der Waals surface area contributed by atoms with Gasteiger partial charge in [0.2, 0.25) is 5.28 Å². The molecule has 0 atom stereocenters. The standard InChI is InChI=1S/C15H15ClN2/c1-3-11-7-5-6-8-13(11)12(4-2)14-9-10-17-15(16)18-14/h4-10H,3H2,1-2H3/b12-4+. The maximum absolute atomic E-state index is 5.86. The molecular formula is C15H15ClN2. The minimum absolute atomic E-state index is 0.279. The smallest absolute Gasteiger partial charge is 0.222 e. The maximum Gasteiger partial charge on any atom is 0.222 e. The number of hydrogen-bond acceptors (Lipinski definition) is 2. The molecule has 1 aromatic heterocycles. The fraction of sp³-hybridized carbons (Fsp3) is 0.200. The molecule has 0 N–H and O–H groups in total. The van der Waals surface area contributed by atoms with Crippen LogP contribution in [0.5, 0.6) is 0 Å². The Hall–Kier alpha value is -1.67. The van der Waals surface area contributed by atoms with Crippen molar-refractivity contribution in [2.45, 2.75) is 20.3 Å². The van der Waals surface area contributed by atoms with Crippen molar-refractivity contribution in [2.24, 2.45) is 0 Å². The van der Waals surface area contributed by atoms with Gasteiger partial charge in [-0.3, -0.25) is 0 Å². The van der Waals surface area contributed by atoms with Crippen LogP contribution in [0.2, 0.25) is 5.28 Å². The molecule has 2 rings (SSSR count). The lowest BCUT2D eigenvalue weighted by Gasteiger charge is -2.11. The summed E-state index contributed by atoms with van der Waals surface area (Å²) < 4.78 is 0. The first kappa shape index (κ1) is 12.8. The molecule has 0 saturated carbocycles. The monoisotopic (exact) mass is 258 g/mol. The number of hydrogen-bond donors (Lipinski definition) is 0. The lowest BCUT2D eigenvalue weighted by molar-refractivity contribution is 1.11. The van der Waals surface area contributed by atoms with Crippen LogP contribution >= 0.6 is 11.6 Å². The normalized spacial score (nSPS) is 11.6. The van der Waals surface area contributed by atoms with Gasteiger partial charge in [0, 0.05) is 11.8 Å². The lowest BCUT2D eigenvalue weighted by Crippen LogP contribution is -1.97. The summed E-state index contributed by atoms with van der Waals surface area (Å²) in [5.41, 5.74) is 4.47. The first-order chi connectivity index (χ1) is 8.76. The van der Waals surface area contributed by atoms with Crippen molar-refractivity contribution in [2.75, 3.05) is 0 Å². The minimum Gasteiger partial charge on any atom is -0.226 e. The van der Waals surface area contributed by atoms with E-state index in [1.807, 2.05) is 19.1 Å². The van der Waals surface area contributed by atoms with Crippen LogP contribution in [0.15, 0.2) is 42.6 Å². The van der Waals surface area contributed by atoms with Crippen LogP contribution in [-0.4, -0.2) is 9.97 Å². The summed E-state index contributed by atoms with van der Waals surface area (Å²) in [6.07, 6.45) is 4.74. The van der Waals surface area contributed by atoms with Crippen molar-refractivity contribution in [3.05, 3.63) is 64.7 Å². The zero-order valence-corrected chi connectivity index (χ0v) is 11.3. The molecular weight excluding hydrogens is 244 g/mol. The molecule has 92 valence electrons.